The van der Waals surface area contributed by atoms with Crippen molar-refractivity contribution in [1.29, 1.82) is 0 Å². The number of methoxy groups -OCH3 is 3. The molecule has 3 aromatic rings. The minimum atomic E-state index is 0.469. The summed E-state index contributed by atoms with van der Waals surface area (Å²) >= 11 is 5.41. The Balaban J connectivity index is 2.23. The minimum Gasteiger partial charge on any atom is -0.497 e. The van der Waals surface area contributed by atoms with Crippen molar-refractivity contribution in [3.63, 3.8) is 0 Å². The maximum absolute atomic E-state index is 5.45. The van der Waals surface area contributed by atoms with E-state index in [1.54, 1.807) is 27.4 Å². The van der Waals surface area contributed by atoms with Crippen LogP contribution >= 0.6 is 12.2 Å². The van der Waals surface area contributed by atoms with E-state index in [0.717, 1.165) is 11.3 Å². The van der Waals surface area contributed by atoms with Gasteiger partial charge in [0, 0.05) is 11.6 Å². The van der Waals surface area contributed by atoms with E-state index in [1.165, 1.54) is 0 Å². The van der Waals surface area contributed by atoms with Gasteiger partial charge in [-0.1, -0.05) is 12.1 Å². The van der Waals surface area contributed by atoms with Crippen molar-refractivity contribution in [1.82, 2.24) is 14.8 Å². The number of nitrogens with one attached hydrogen (secondary N) is 1. The van der Waals surface area contributed by atoms with Crippen LogP contribution in [0.25, 0.3) is 17.1 Å². The third-order valence-electron chi connectivity index (χ3n) is 3.61. The molecule has 7 heteroatoms. The van der Waals surface area contributed by atoms with Crippen molar-refractivity contribution in [3.8, 4) is 34.3 Å². The molecular weight excluding hydrogens is 326 g/mol. The Bertz CT molecular complexity index is 895. The van der Waals surface area contributed by atoms with E-state index in [1.807, 2.05) is 41.0 Å². The van der Waals surface area contributed by atoms with Crippen LogP contribution in [0.1, 0.15) is 0 Å². The van der Waals surface area contributed by atoms with Crippen LogP contribution in [0, 0.1) is 4.77 Å². The van der Waals surface area contributed by atoms with Gasteiger partial charge in [-0.3, -0.25) is 9.67 Å². The summed E-state index contributed by atoms with van der Waals surface area (Å²) in [6.07, 6.45) is 0. The Morgan fingerprint density at radius 1 is 0.958 bits per heavy atom. The van der Waals surface area contributed by atoms with E-state index in [0.29, 0.717) is 27.8 Å². The average Bonchev–Trinajstić information content (AvgIpc) is 3.02. The summed E-state index contributed by atoms with van der Waals surface area (Å²) in [5.41, 5.74) is 1.61. The Morgan fingerprint density at radius 2 is 1.62 bits per heavy atom. The molecule has 0 radical (unpaired) electrons. The van der Waals surface area contributed by atoms with Crippen LogP contribution < -0.4 is 14.2 Å². The number of para-hydroxylation sites is 2. The highest BCUT2D eigenvalue weighted by molar-refractivity contribution is 7.71. The molecule has 1 N–H and O–H groups in total. The summed E-state index contributed by atoms with van der Waals surface area (Å²) in [5.74, 6) is 2.68. The van der Waals surface area contributed by atoms with Gasteiger partial charge < -0.3 is 14.2 Å². The monoisotopic (exact) mass is 343 g/mol. The van der Waals surface area contributed by atoms with Crippen molar-refractivity contribution in [2.24, 2.45) is 0 Å². The summed E-state index contributed by atoms with van der Waals surface area (Å²) in [6, 6.07) is 13.2. The van der Waals surface area contributed by atoms with Gasteiger partial charge in [-0.15, -0.1) is 0 Å². The average molecular weight is 343 g/mol. The van der Waals surface area contributed by atoms with Gasteiger partial charge in [0.2, 0.25) is 0 Å². The molecule has 0 unspecified atom stereocenters. The maximum atomic E-state index is 5.45. The minimum absolute atomic E-state index is 0.469. The molecule has 2 aromatic carbocycles. The molecule has 0 atom stereocenters. The van der Waals surface area contributed by atoms with Crippen molar-refractivity contribution < 1.29 is 14.2 Å². The van der Waals surface area contributed by atoms with Crippen molar-refractivity contribution in [3.05, 3.63) is 47.2 Å². The van der Waals surface area contributed by atoms with E-state index < -0.39 is 0 Å². The fourth-order valence-electron chi connectivity index (χ4n) is 2.47. The Hall–Kier alpha value is -2.80. The number of hydrogen-bond acceptors (Lipinski definition) is 5. The molecular formula is C17H17N3O3S. The summed E-state index contributed by atoms with van der Waals surface area (Å²) < 4.78 is 18.4. The van der Waals surface area contributed by atoms with E-state index >= 15 is 0 Å². The molecule has 124 valence electrons. The zero-order valence-corrected chi connectivity index (χ0v) is 14.4. The zero-order chi connectivity index (χ0) is 17.1. The molecule has 0 saturated carbocycles. The molecule has 0 spiro atoms. The molecule has 0 bridgehead atoms. The number of rotatable bonds is 5. The number of benzene rings is 2. The van der Waals surface area contributed by atoms with Gasteiger partial charge in [0.15, 0.2) is 10.6 Å². The first kappa shape index (κ1) is 16.1. The second-order valence-corrected chi connectivity index (χ2v) is 5.35. The lowest BCUT2D eigenvalue weighted by Gasteiger charge is -2.12. The van der Waals surface area contributed by atoms with Gasteiger partial charge in [0.1, 0.15) is 17.2 Å². The molecule has 1 aromatic heterocycles. The molecule has 3 rings (SSSR count). The molecule has 0 saturated heterocycles. The van der Waals surface area contributed by atoms with Crippen LogP contribution in [0.3, 0.4) is 0 Å². The van der Waals surface area contributed by atoms with Gasteiger partial charge in [-0.2, -0.15) is 5.10 Å². The molecule has 24 heavy (non-hydrogen) atoms. The third-order valence-corrected chi connectivity index (χ3v) is 3.88. The maximum Gasteiger partial charge on any atom is 0.200 e. The second kappa shape index (κ2) is 6.76. The van der Waals surface area contributed by atoms with Gasteiger partial charge >= 0.3 is 0 Å². The van der Waals surface area contributed by atoms with Crippen LogP contribution in [0.15, 0.2) is 42.5 Å². The lowest BCUT2D eigenvalue weighted by molar-refractivity contribution is 0.394. The van der Waals surface area contributed by atoms with Gasteiger partial charge in [0.25, 0.3) is 0 Å². The fourth-order valence-corrected chi connectivity index (χ4v) is 2.70. The number of nitrogens with zero attached hydrogens (tertiary/aromatic N) is 2. The largest absolute Gasteiger partial charge is 0.497 e. The molecule has 0 amide bonds. The standard InChI is InChI=1S/C17H17N3O3S/c1-21-12-8-11(9-13(10-12)22-2)16-18-19-17(24)20(16)14-6-4-5-7-15(14)23-3/h4-10H,1-3H3,(H,19,24). The molecule has 6 nitrogen and oxygen atoms in total. The molecule has 0 aliphatic rings. The topological polar surface area (TPSA) is 61.3 Å². The highest BCUT2D eigenvalue weighted by atomic mass is 32.1. The number of aromatic nitrogens is 3. The van der Waals surface area contributed by atoms with Gasteiger partial charge in [-0.05, 0) is 36.5 Å². The Kier molecular flexibility index (Phi) is 4.52. The molecule has 0 aliphatic heterocycles. The van der Waals surface area contributed by atoms with Gasteiger partial charge in [-0.25, -0.2) is 0 Å². The van der Waals surface area contributed by atoms with E-state index in [9.17, 15) is 0 Å². The molecule has 0 aliphatic carbocycles. The number of aromatic amines is 1. The first-order valence-electron chi connectivity index (χ1n) is 7.22. The first-order valence-corrected chi connectivity index (χ1v) is 7.63. The quantitative estimate of drug-likeness (QED) is 0.717. The van der Waals surface area contributed by atoms with Crippen LogP contribution in [-0.2, 0) is 0 Å². The zero-order valence-electron chi connectivity index (χ0n) is 13.6. The number of hydrogen-bond donors (Lipinski definition) is 1. The van der Waals surface area contributed by atoms with Crippen molar-refractivity contribution in [2.45, 2.75) is 0 Å². The van der Waals surface area contributed by atoms with Crippen LogP contribution in [0.2, 0.25) is 0 Å². The van der Waals surface area contributed by atoms with E-state index in [4.69, 9.17) is 26.4 Å². The molecule has 1 heterocycles. The van der Waals surface area contributed by atoms with Crippen LogP contribution in [0.4, 0.5) is 0 Å². The second-order valence-electron chi connectivity index (χ2n) is 4.96. The van der Waals surface area contributed by atoms with Crippen LogP contribution in [-0.4, -0.2) is 36.1 Å². The lowest BCUT2D eigenvalue weighted by atomic mass is 10.1. The fraction of sp³-hybridized carbons (Fsp3) is 0.176. The number of ether oxygens (including phenoxy) is 3. The van der Waals surface area contributed by atoms with E-state index in [2.05, 4.69) is 10.2 Å². The van der Waals surface area contributed by atoms with Gasteiger partial charge in [0.05, 0.1) is 27.0 Å². The first-order chi connectivity index (χ1) is 11.7. The summed E-state index contributed by atoms with van der Waals surface area (Å²) in [4.78, 5) is 0. The highest BCUT2D eigenvalue weighted by Crippen LogP contribution is 2.32. The van der Waals surface area contributed by atoms with E-state index in [-0.39, 0.29) is 0 Å². The van der Waals surface area contributed by atoms with Crippen molar-refractivity contribution in [2.75, 3.05) is 21.3 Å². The Morgan fingerprint density at radius 3 is 2.25 bits per heavy atom. The SMILES string of the molecule is COc1cc(OC)cc(-c2n[nH]c(=S)n2-c2ccccc2OC)c1. The lowest BCUT2D eigenvalue weighted by Crippen LogP contribution is -2.01. The smallest absolute Gasteiger partial charge is 0.200 e. The van der Waals surface area contributed by atoms with Crippen LogP contribution in [0.5, 0.6) is 17.2 Å². The summed E-state index contributed by atoms with van der Waals surface area (Å²) in [7, 11) is 4.84. The normalized spacial score (nSPS) is 10.5. The predicted octanol–water partition coefficient (Wildman–Crippen LogP) is 3.62. The predicted molar refractivity (Wildman–Crippen MR) is 93.8 cm³/mol. The molecule has 0 fully saturated rings. The Labute approximate surface area is 144 Å². The van der Waals surface area contributed by atoms with Crippen molar-refractivity contribution >= 4 is 12.2 Å². The summed E-state index contributed by atoms with van der Waals surface area (Å²) in [5, 5.41) is 7.21. The summed E-state index contributed by atoms with van der Waals surface area (Å²) in [6.45, 7) is 0. The highest BCUT2D eigenvalue weighted by Gasteiger charge is 2.15. The number of H-pyrrole nitrogens is 1. The third kappa shape index (κ3) is 2.85.